The maximum absolute atomic E-state index is 9.49. The van der Waals surface area contributed by atoms with Crippen molar-refractivity contribution < 1.29 is 5.11 Å². The van der Waals surface area contributed by atoms with Crippen molar-refractivity contribution in [1.29, 1.82) is 0 Å². The van der Waals surface area contributed by atoms with Gasteiger partial charge >= 0.3 is 0 Å². The van der Waals surface area contributed by atoms with Gasteiger partial charge < -0.3 is 14.9 Å². The zero-order valence-corrected chi connectivity index (χ0v) is 13.8. The van der Waals surface area contributed by atoms with Gasteiger partial charge in [0.15, 0.2) is 0 Å². The third-order valence-corrected chi connectivity index (χ3v) is 4.98. The first-order valence-corrected chi connectivity index (χ1v) is 8.57. The summed E-state index contributed by atoms with van der Waals surface area (Å²) in [6.45, 7) is 5.96. The van der Waals surface area contributed by atoms with Crippen LogP contribution in [0.25, 0.3) is 0 Å². The van der Waals surface area contributed by atoms with Crippen molar-refractivity contribution in [1.82, 2.24) is 14.9 Å². The fourth-order valence-corrected chi connectivity index (χ4v) is 3.87. The summed E-state index contributed by atoms with van der Waals surface area (Å²) >= 11 is 0. The Labute approximate surface area is 133 Å². The molecule has 3 rings (SSSR count). The molecule has 1 aliphatic carbocycles. The molecule has 0 bridgehead atoms. The highest BCUT2D eigenvalue weighted by Crippen LogP contribution is 2.28. The molecular formula is C17H28N4O. The number of rotatable bonds is 5. The molecule has 122 valence electrons. The van der Waals surface area contributed by atoms with E-state index in [1.54, 1.807) is 6.33 Å². The number of hydrogen-bond acceptors (Lipinski definition) is 5. The zero-order chi connectivity index (χ0) is 15.5. The maximum Gasteiger partial charge on any atom is 0.135 e. The van der Waals surface area contributed by atoms with E-state index in [4.69, 9.17) is 0 Å². The molecule has 0 saturated carbocycles. The summed E-state index contributed by atoms with van der Waals surface area (Å²) in [5.74, 6) is 1.87. The quantitative estimate of drug-likeness (QED) is 0.893. The third-order valence-electron chi connectivity index (χ3n) is 4.98. The van der Waals surface area contributed by atoms with E-state index in [0.717, 1.165) is 50.8 Å². The minimum Gasteiger partial charge on any atom is -0.392 e. The SMILES string of the molecule is CC(O)CN1CCC(CN(C)c2ncnc3c2CCC3)CC1. The van der Waals surface area contributed by atoms with Gasteiger partial charge in [0.2, 0.25) is 0 Å². The summed E-state index contributed by atoms with van der Waals surface area (Å²) in [7, 11) is 2.17. The highest BCUT2D eigenvalue weighted by molar-refractivity contribution is 5.49. The minimum atomic E-state index is -0.220. The zero-order valence-electron chi connectivity index (χ0n) is 13.8. The monoisotopic (exact) mass is 304 g/mol. The molecule has 1 aromatic heterocycles. The molecule has 1 N–H and O–H groups in total. The van der Waals surface area contributed by atoms with Gasteiger partial charge in [-0.15, -0.1) is 0 Å². The Morgan fingerprint density at radius 3 is 2.82 bits per heavy atom. The molecule has 2 heterocycles. The third kappa shape index (κ3) is 3.58. The van der Waals surface area contributed by atoms with Crippen molar-refractivity contribution in [2.75, 3.05) is 38.1 Å². The average molecular weight is 304 g/mol. The van der Waals surface area contributed by atoms with Gasteiger partial charge in [0.1, 0.15) is 12.1 Å². The van der Waals surface area contributed by atoms with E-state index in [2.05, 4.69) is 26.8 Å². The van der Waals surface area contributed by atoms with Gasteiger partial charge in [-0.2, -0.15) is 0 Å². The Bertz CT molecular complexity index is 497. The molecule has 0 aromatic carbocycles. The van der Waals surface area contributed by atoms with Gasteiger partial charge in [-0.1, -0.05) is 0 Å². The van der Waals surface area contributed by atoms with Gasteiger partial charge in [0.25, 0.3) is 0 Å². The van der Waals surface area contributed by atoms with Crippen LogP contribution in [0.15, 0.2) is 6.33 Å². The van der Waals surface area contributed by atoms with Crippen LogP contribution in [0.2, 0.25) is 0 Å². The Kier molecular flexibility index (Phi) is 4.93. The van der Waals surface area contributed by atoms with Crippen molar-refractivity contribution >= 4 is 5.82 Å². The van der Waals surface area contributed by atoms with Crippen molar-refractivity contribution in [2.45, 2.75) is 45.1 Å². The van der Waals surface area contributed by atoms with Crippen LogP contribution in [0.4, 0.5) is 5.82 Å². The molecule has 1 aliphatic heterocycles. The van der Waals surface area contributed by atoms with E-state index >= 15 is 0 Å². The fourth-order valence-electron chi connectivity index (χ4n) is 3.87. The summed E-state index contributed by atoms with van der Waals surface area (Å²) in [5, 5.41) is 9.49. The molecular weight excluding hydrogens is 276 g/mol. The summed E-state index contributed by atoms with van der Waals surface area (Å²) in [6, 6.07) is 0. The first-order chi connectivity index (χ1) is 10.6. The number of hydrogen-bond donors (Lipinski definition) is 1. The van der Waals surface area contributed by atoms with Gasteiger partial charge in [-0.3, -0.25) is 0 Å². The molecule has 1 atom stereocenters. The van der Waals surface area contributed by atoms with Crippen molar-refractivity contribution in [3.05, 3.63) is 17.6 Å². The summed E-state index contributed by atoms with van der Waals surface area (Å²) in [6.07, 6.45) is 7.38. The van der Waals surface area contributed by atoms with E-state index in [1.807, 2.05) is 6.92 Å². The molecule has 5 nitrogen and oxygen atoms in total. The summed E-state index contributed by atoms with van der Waals surface area (Å²) in [4.78, 5) is 13.7. The molecule has 1 saturated heterocycles. The summed E-state index contributed by atoms with van der Waals surface area (Å²) in [5.41, 5.74) is 2.63. The van der Waals surface area contributed by atoms with Crippen molar-refractivity contribution in [3.8, 4) is 0 Å². The van der Waals surface area contributed by atoms with E-state index in [9.17, 15) is 5.11 Å². The standard InChI is InChI=1S/C17H28N4O/c1-13(22)10-21-8-6-14(7-9-21)11-20(2)17-15-4-3-5-16(15)18-12-19-17/h12-14,22H,3-11H2,1-2H3. The van der Waals surface area contributed by atoms with Crippen LogP contribution < -0.4 is 4.90 Å². The first-order valence-electron chi connectivity index (χ1n) is 8.57. The fraction of sp³-hybridized carbons (Fsp3) is 0.765. The molecule has 2 aliphatic rings. The molecule has 1 aromatic rings. The first kappa shape index (κ1) is 15.7. The molecule has 0 radical (unpaired) electrons. The number of likely N-dealkylation sites (tertiary alicyclic amines) is 1. The number of aromatic nitrogens is 2. The molecule has 0 spiro atoms. The van der Waals surface area contributed by atoms with Gasteiger partial charge in [-0.25, -0.2) is 9.97 Å². The van der Waals surface area contributed by atoms with Crippen LogP contribution in [0.3, 0.4) is 0 Å². The molecule has 22 heavy (non-hydrogen) atoms. The van der Waals surface area contributed by atoms with E-state index in [0.29, 0.717) is 0 Å². The largest absolute Gasteiger partial charge is 0.392 e. The Morgan fingerprint density at radius 1 is 1.32 bits per heavy atom. The molecule has 0 amide bonds. The van der Waals surface area contributed by atoms with E-state index in [-0.39, 0.29) is 6.10 Å². The van der Waals surface area contributed by atoms with Gasteiger partial charge in [0.05, 0.1) is 6.10 Å². The number of anilines is 1. The lowest BCUT2D eigenvalue weighted by molar-refractivity contribution is 0.101. The highest BCUT2D eigenvalue weighted by Gasteiger charge is 2.24. The second-order valence-corrected chi connectivity index (χ2v) is 6.95. The Balaban J connectivity index is 1.55. The average Bonchev–Trinajstić information content (AvgIpc) is 2.97. The number of aliphatic hydroxyl groups is 1. The topological polar surface area (TPSA) is 52.5 Å². The lowest BCUT2D eigenvalue weighted by Crippen LogP contribution is -2.40. The van der Waals surface area contributed by atoms with E-state index in [1.165, 1.54) is 30.5 Å². The number of fused-ring (bicyclic) bond motifs is 1. The van der Waals surface area contributed by atoms with Crippen LogP contribution >= 0.6 is 0 Å². The Morgan fingerprint density at radius 2 is 2.09 bits per heavy atom. The van der Waals surface area contributed by atoms with Gasteiger partial charge in [0, 0.05) is 31.4 Å². The number of aryl methyl sites for hydroxylation is 1. The summed E-state index contributed by atoms with van der Waals surface area (Å²) < 4.78 is 0. The predicted octanol–water partition coefficient (Wildman–Crippen LogP) is 1.49. The van der Waals surface area contributed by atoms with Crippen molar-refractivity contribution in [3.63, 3.8) is 0 Å². The molecule has 1 unspecified atom stereocenters. The lowest BCUT2D eigenvalue weighted by Gasteiger charge is -2.35. The molecule has 5 heteroatoms. The number of aliphatic hydroxyl groups excluding tert-OH is 1. The normalized spacial score (nSPS) is 20.9. The number of nitrogens with zero attached hydrogens (tertiary/aromatic N) is 4. The van der Waals surface area contributed by atoms with Crippen LogP contribution in [0.1, 0.15) is 37.4 Å². The Hall–Kier alpha value is -1.20. The minimum absolute atomic E-state index is 0.220. The highest BCUT2D eigenvalue weighted by atomic mass is 16.3. The van der Waals surface area contributed by atoms with Crippen LogP contribution in [0.5, 0.6) is 0 Å². The van der Waals surface area contributed by atoms with E-state index < -0.39 is 0 Å². The predicted molar refractivity (Wildman–Crippen MR) is 88.2 cm³/mol. The maximum atomic E-state index is 9.49. The van der Waals surface area contributed by atoms with Crippen LogP contribution in [-0.4, -0.2) is 59.3 Å². The number of piperidine rings is 1. The van der Waals surface area contributed by atoms with Crippen LogP contribution in [0, 0.1) is 5.92 Å². The lowest BCUT2D eigenvalue weighted by atomic mass is 9.96. The second kappa shape index (κ2) is 6.92. The van der Waals surface area contributed by atoms with Gasteiger partial charge in [-0.05, 0) is 58.0 Å². The molecule has 1 fully saturated rings. The number of β-amino-alcohol motifs (C(OH)–C–C–N with tert-alkyl or cyclic N) is 1. The smallest absolute Gasteiger partial charge is 0.135 e. The van der Waals surface area contributed by atoms with Crippen LogP contribution in [-0.2, 0) is 12.8 Å². The van der Waals surface area contributed by atoms with Crippen molar-refractivity contribution in [2.24, 2.45) is 5.92 Å². The second-order valence-electron chi connectivity index (χ2n) is 6.95.